The van der Waals surface area contributed by atoms with Crippen LogP contribution in [0.2, 0.25) is 0 Å². The molecule has 164 valence electrons. The van der Waals surface area contributed by atoms with Gasteiger partial charge in [0.2, 0.25) is 17.6 Å². The van der Waals surface area contributed by atoms with Crippen LogP contribution in [0.3, 0.4) is 0 Å². The maximum absolute atomic E-state index is 13.2. The third-order valence-electron chi connectivity index (χ3n) is 5.30. The van der Waals surface area contributed by atoms with E-state index >= 15 is 0 Å². The van der Waals surface area contributed by atoms with Crippen LogP contribution in [0.25, 0.3) is 11.4 Å². The van der Waals surface area contributed by atoms with Gasteiger partial charge in [0, 0.05) is 37.5 Å². The van der Waals surface area contributed by atoms with Gasteiger partial charge in [0.25, 0.3) is 10.0 Å². The highest BCUT2D eigenvalue weighted by molar-refractivity contribution is 7.91. The average Bonchev–Trinajstić information content (AvgIpc) is 3.43. The summed E-state index contributed by atoms with van der Waals surface area (Å²) in [5, 5.41) is 8.48. The van der Waals surface area contributed by atoms with Gasteiger partial charge in [-0.15, -0.1) is 11.3 Å². The highest BCUT2D eigenvalue weighted by atomic mass is 32.2. The van der Waals surface area contributed by atoms with Gasteiger partial charge in [0.1, 0.15) is 4.21 Å². The van der Waals surface area contributed by atoms with Crippen LogP contribution in [0, 0.1) is 19.8 Å². The van der Waals surface area contributed by atoms with Crippen molar-refractivity contribution >= 4 is 27.3 Å². The zero-order chi connectivity index (χ0) is 22.0. The number of carbonyl (C=O) groups is 1. The lowest BCUT2D eigenvalue weighted by Crippen LogP contribution is -2.45. The zero-order valence-electron chi connectivity index (χ0n) is 17.4. The normalized spacial score (nSPS) is 17.5. The molecule has 10 heteroatoms. The SMILES string of the molecule is Cc1ccc(CNC(=O)C2CCCN(S(=O)(=O)c3cc(-c4noc(C)n4)cs3)C2)cc1. The van der Waals surface area contributed by atoms with Gasteiger partial charge >= 0.3 is 0 Å². The van der Waals surface area contributed by atoms with Gasteiger partial charge in [0.15, 0.2) is 0 Å². The van der Waals surface area contributed by atoms with E-state index < -0.39 is 10.0 Å². The average molecular weight is 461 g/mol. The first-order valence-electron chi connectivity index (χ1n) is 10.1. The molecule has 2 aromatic heterocycles. The molecule has 1 unspecified atom stereocenters. The smallest absolute Gasteiger partial charge is 0.252 e. The first-order chi connectivity index (χ1) is 14.8. The molecule has 0 bridgehead atoms. The number of piperidine rings is 1. The Morgan fingerprint density at radius 3 is 2.77 bits per heavy atom. The number of nitrogens with one attached hydrogen (secondary N) is 1. The van der Waals surface area contributed by atoms with E-state index in [1.54, 1.807) is 18.4 Å². The van der Waals surface area contributed by atoms with Gasteiger partial charge < -0.3 is 9.84 Å². The second kappa shape index (κ2) is 8.89. The number of aromatic nitrogens is 2. The van der Waals surface area contributed by atoms with Crippen LogP contribution in [-0.4, -0.2) is 41.9 Å². The molecule has 0 aliphatic carbocycles. The summed E-state index contributed by atoms with van der Waals surface area (Å²) >= 11 is 1.12. The van der Waals surface area contributed by atoms with Gasteiger partial charge in [-0.3, -0.25) is 4.79 Å². The molecule has 3 aromatic rings. The molecule has 1 fully saturated rings. The molecule has 1 aliphatic rings. The molecule has 1 aliphatic heterocycles. The van der Waals surface area contributed by atoms with E-state index in [0.717, 1.165) is 22.5 Å². The van der Waals surface area contributed by atoms with Crippen molar-refractivity contribution in [3.8, 4) is 11.4 Å². The molecule has 1 saturated heterocycles. The molecule has 4 rings (SSSR count). The highest BCUT2D eigenvalue weighted by Gasteiger charge is 2.34. The highest BCUT2D eigenvalue weighted by Crippen LogP contribution is 2.31. The third-order valence-corrected chi connectivity index (χ3v) is 8.58. The first kappa shape index (κ1) is 21.7. The molecule has 1 aromatic carbocycles. The molecule has 3 heterocycles. The lowest BCUT2D eigenvalue weighted by atomic mass is 9.98. The van der Waals surface area contributed by atoms with Crippen molar-refractivity contribution in [2.75, 3.05) is 13.1 Å². The molecular weight excluding hydrogens is 436 g/mol. The van der Waals surface area contributed by atoms with Crippen LogP contribution in [0.15, 0.2) is 44.4 Å². The fourth-order valence-electron chi connectivity index (χ4n) is 3.53. The second-order valence-electron chi connectivity index (χ2n) is 7.70. The number of benzene rings is 1. The number of hydrogen-bond acceptors (Lipinski definition) is 7. The van der Waals surface area contributed by atoms with E-state index in [2.05, 4.69) is 15.5 Å². The lowest BCUT2D eigenvalue weighted by molar-refractivity contribution is -0.126. The van der Waals surface area contributed by atoms with Crippen LogP contribution in [0.4, 0.5) is 0 Å². The Hall–Kier alpha value is -2.56. The molecule has 8 nitrogen and oxygen atoms in total. The number of aryl methyl sites for hydroxylation is 2. The molecule has 1 amide bonds. The van der Waals surface area contributed by atoms with Gasteiger partial charge in [-0.25, -0.2) is 8.42 Å². The summed E-state index contributed by atoms with van der Waals surface area (Å²) in [6.07, 6.45) is 1.31. The molecule has 31 heavy (non-hydrogen) atoms. The van der Waals surface area contributed by atoms with Crippen molar-refractivity contribution in [3.05, 3.63) is 52.7 Å². The Morgan fingerprint density at radius 1 is 1.29 bits per heavy atom. The minimum absolute atomic E-state index is 0.116. The van der Waals surface area contributed by atoms with Crippen molar-refractivity contribution in [2.45, 2.75) is 37.4 Å². The zero-order valence-corrected chi connectivity index (χ0v) is 19.0. The van der Waals surface area contributed by atoms with Gasteiger partial charge in [-0.1, -0.05) is 35.0 Å². The fraction of sp³-hybridized carbons (Fsp3) is 0.381. The predicted octanol–water partition coefficient (Wildman–Crippen LogP) is 3.13. The standard InChI is InChI=1S/C21H24N4O4S2/c1-14-5-7-16(8-6-14)11-22-21(26)17-4-3-9-25(12-17)31(27,28)19-10-18(13-30-19)20-23-15(2)29-24-20/h5-8,10,13,17H,3-4,9,11-12H2,1-2H3,(H,22,26). The van der Waals surface area contributed by atoms with Crippen molar-refractivity contribution in [1.82, 2.24) is 19.8 Å². The Labute approximate surface area is 185 Å². The van der Waals surface area contributed by atoms with E-state index in [9.17, 15) is 13.2 Å². The summed E-state index contributed by atoms with van der Waals surface area (Å²) in [5.74, 6) is 0.297. The Balaban J connectivity index is 1.41. The summed E-state index contributed by atoms with van der Waals surface area (Å²) in [6, 6.07) is 9.52. The number of hydrogen-bond donors (Lipinski definition) is 1. The molecule has 0 radical (unpaired) electrons. The number of thiophene rings is 1. The quantitative estimate of drug-likeness (QED) is 0.606. The number of sulfonamides is 1. The van der Waals surface area contributed by atoms with E-state index in [1.165, 1.54) is 4.31 Å². The Morgan fingerprint density at radius 2 is 2.06 bits per heavy atom. The minimum atomic E-state index is -3.70. The maximum Gasteiger partial charge on any atom is 0.252 e. The van der Waals surface area contributed by atoms with Crippen LogP contribution < -0.4 is 5.32 Å². The van der Waals surface area contributed by atoms with E-state index in [4.69, 9.17) is 4.52 Å². The van der Waals surface area contributed by atoms with Crippen LogP contribution in [0.5, 0.6) is 0 Å². The first-order valence-corrected chi connectivity index (χ1v) is 12.4. The van der Waals surface area contributed by atoms with Crippen molar-refractivity contribution in [1.29, 1.82) is 0 Å². The van der Waals surface area contributed by atoms with Crippen molar-refractivity contribution < 1.29 is 17.7 Å². The Bertz CT molecular complexity index is 1170. The van der Waals surface area contributed by atoms with E-state index in [1.807, 2.05) is 31.2 Å². The van der Waals surface area contributed by atoms with Gasteiger partial charge in [-0.05, 0) is 31.4 Å². The van der Waals surface area contributed by atoms with Crippen LogP contribution >= 0.6 is 11.3 Å². The van der Waals surface area contributed by atoms with E-state index in [-0.39, 0.29) is 22.6 Å². The number of carbonyl (C=O) groups excluding carboxylic acids is 1. The number of amides is 1. The molecule has 1 N–H and O–H groups in total. The maximum atomic E-state index is 13.2. The third kappa shape index (κ3) is 4.86. The van der Waals surface area contributed by atoms with Gasteiger partial charge in [0.05, 0.1) is 5.92 Å². The van der Waals surface area contributed by atoms with Gasteiger partial charge in [-0.2, -0.15) is 9.29 Å². The lowest BCUT2D eigenvalue weighted by Gasteiger charge is -2.30. The topological polar surface area (TPSA) is 105 Å². The summed E-state index contributed by atoms with van der Waals surface area (Å²) in [4.78, 5) is 16.8. The summed E-state index contributed by atoms with van der Waals surface area (Å²) in [7, 11) is -3.70. The van der Waals surface area contributed by atoms with Crippen molar-refractivity contribution in [2.24, 2.45) is 5.92 Å². The molecule has 0 saturated carbocycles. The summed E-state index contributed by atoms with van der Waals surface area (Å²) < 4.78 is 32.9. The fourth-order valence-corrected chi connectivity index (χ4v) is 6.36. The Kier molecular flexibility index (Phi) is 6.22. The largest absolute Gasteiger partial charge is 0.352 e. The monoisotopic (exact) mass is 460 g/mol. The van der Waals surface area contributed by atoms with Crippen LogP contribution in [-0.2, 0) is 21.4 Å². The second-order valence-corrected chi connectivity index (χ2v) is 10.8. The molecule has 0 spiro atoms. The summed E-state index contributed by atoms with van der Waals surface area (Å²) in [5.41, 5.74) is 2.78. The predicted molar refractivity (Wildman–Crippen MR) is 117 cm³/mol. The summed E-state index contributed by atoms with van der Waals surface area (Å²) in [6.45, 7) is 4.70. The number of nitrogens with zero attached hydrogens (tertiary/aromatic N) is 3. The molecular formula is C21H24N4O4S2. The minimum Gasteiger partial charge on any atom is -0.352 e. The van der Waals surface area contributed by atoms with E-state index in [0.29, 0.717) is 43.2 Å². The van der Waals surface area contributed by atoms with Crippen LogP contribution in [0.1, 0.15) is 29.9 Å². The molecule has 1 atom stereocenters. The van der Waals surface area contributed by atoms with Crippen molar-refractivity contribution in [3.63, 3.8) is 0 Å². The number of rotatable bonds is 6.